The van der Waals surface area contributed by atoms with Crippen molar-refractivity contribution in [2.45, 2.75) is 39.7 Å². The Bertz CT molecular complexity index is 1220. The van der Waals surface area contributed by atoms with Gasteiger partial charge in [-0.15, -0.1) is 0 Å². The Labute approximate surface area is 180 Å². The predicted molar refractivity (Wildman–Crippen MR) is 120 cm³/mol. The number of aryl methyl sites for hydroxylation is 1. The third kappa shape index (κ3) is 4.55. The SMILES string of the molecule is CC(=O)NCCCc1cc(-c2c[nH]c3ncc(-c4cnn(C(C)C)c4)cc23)nc(N)n1. The van der Waals surface area contributed by atoms with E-state index >= 15 is 0 Å². The molecule has 0 saturated heterocycles. The standard InChI is InChI=1S/C22H26N8O/c1-13(2)30-12-16(10-27-30)15-7-18-19(11-26-21(18)25-9-15)20-8-17(28-22(23)29-20)5-4-6-24-14(3)31/h7-13H,4-6H2,1-3H3,(H,24,31)(H,25,26)(H2,23,28,29). The summed E-state index contributed by atoms with van der Waals surface area (Å²) in [5.74, 6) is 0.188. The summed E-state index contributed by atoms with van der Waals surface area (Å²) in [5, 5.41) is 8.18. The number of amides is 1. The zero-order valence-corrected chi connectivity index (χ0v) is 17.9. The lowest BCUT2D eigenvalue weighted by molar-refractivity contribution is -0.118. The highest BCUT2D eigenvalue weighted by Crippen LogP contribution is 2.30. The van der Waals surface area contributed by atoms with Crippen LogP contribution in [0.2, 0.25) is 0 Å². The van der Waals surface area contributed by atoms with Gasteiger partial charge >= 0.3 is 0 Å². The van der Waals surface area contributed by atoms with Crippen molar-refractivity contribution in [1.82, 2.24) is 35.0 Å². The monoisotopic (exact) mass is 418 g/mol. The molecular weight excluding hydrogens is 392 g/mol. The molecule has 4 N–H and O–H groups in total. The third-order valence-electron chi connectivity index (χ3n) is 5.05. The molecule has 4 aromatic rings. The molecule has 4 rings (SSSR count). The summed E-state index contributed by atoms with van der Waals surface area (Å²) in [6, 6.07) is 4.32. The largest absolute Gasteiger partial charge is 0.368 e. The highest BCUT2D eigenvalue weighted by molar-refractivity contribution is 5.95. The maximum Gasteiger partial charge on any atom is 0.220 e. The van der Waals surface area contributed by atoms with Gasteiger partial charge < -0.3 is 16.0 Å². The molecule has 0 saturated carbocycles. The molecule has 1 amide bonds. The number of fused-ring (bicyclic) bond motifs is 1. The molecule has 0 aliphatic carbocycles. The number of hydrogen-bond donors (Lipinski definition) is 3. The molecular formula is C22H26N8O. The number of aromatic amines is 1. The number of rotatable bonds is 7. The summed E-state index contributed by atoms with van der Waals surface area (Å²) < 4.78 is 1.93. The molecule has 0 radical (unpaired) electrons. The zero-order chi connectivity index (χ0) is 22.0. The molecule has 0 spiro atoms. The number of nitrogens with two attached hydrogens (primary N) is 1. The molecule has 9 nitrogen and oxygen atoms in total. The quantitative estimate of drug-likeness (QED) is 0.396. The minimum atomic E-state index is -0.0380. The van der Waals surface area contributed by atoms with Crippen molar-refractivity contribution in [2.75, 3.05) is 12.3 Å². The summed E-state index contributed by atoms with van der Waals surface area (Å²) in [6.07, 6.45) is 9.07. The summed E-state index contributed by atoms with van der Waals surface area (Å²) in [4.78, 5) is 27.6. The van der Waals surface area contributed by atoms with E-state index in [-0.39, 0.29) is 11.9 Å². The molecule has 0 fully saturated rings. The van der Waals surface area contributed by atoms with Crippen LogP contribution in [0, 0.1) is 0 Å². The first-order valence-electron chi connectivity index (χ1n) is 10.3. The average molecular weight is 419 g/mol. The maximum atomic E-state index is 11.0. The fourth-order valence-electron chi connectivity index (χ4n) is 3.46. The molecule has 0 aliphatic heterocycles. The lowest BCUT2D eigenvalue weighted by atomic mass is 10.1. The molecule has 0 aromatic carbocycles. The number of carbonyl (C=O) groups excluding carboxylic acids is 1. The number of nitrogens with one attached hydrogen (secondary N) is 2. The lowest BCUT2D eigenvalue weighted by Crippen LogP contribution is -2.21. The van der Waals surface area contributed by atoms with Crippen LogP contribution in [0.5, 0.6) is 0 Å². The number of carbonyl (C=O) groups is 1. The van der Waals surface area contributed by atoms with Crippen LogP contribution in [0.15, 0.2) is 36.9 Å². The second-order valence-corrected chi connectivity index (χ2v) is 7.81. The Morgan fingerprint density at radius 3 is 2.81 bits per heavy atom. The molecule has 160 valence electrons. The highest BCUT2D eigenvalue weighted by atomic mass is 16.1. The molecule has 31 heavy (non-hydrogen) atoms. The van der Waals surface area contributed by atoms with Crippen LogP contribution in [0.3, 0.4) is 0 Å². The normalized spacial score (nSPS) is 11.4. The van der Waals surface area contributed by atoms with E-state index in [9.17, 15) is 4.79 Å². The summed E-state index contributed by atoms with van der Waals surface area (Å²) >= 11 is 0. The molecule has 0 bridgehead atoms. The molecule has 4 heterocycles. The molecule has 4 aromatic heterocycles. The first-order chi connectivity index (χ1) is 14.9. The summed E-state index contributed by atoms with van der Waals surface area (Å²) in [7, 11) is 0. The zero-order valence-electron chi connectivity index (χ0n) is 17.9. The highest BCUT2D eigenvalue weighted by Gasteiger charge is 2.13. The number of anilines is 1. The van der Waals surface area contributed by atoms with Crippen LogP contribution in [0.1, 0.15) is 38.9 Å². The number of aromatic nitrogens is 6. The number of pyridine rings is 1. The van der Waals surface area contributed by atoms with Gasteiger partial charge in [-0.05, 0) is 38.8 Å². The van der Waals surface area contributed by atoms with Crippen molar-refractivity contribution in [1.29, 1.82) is 0 Å². The fourth-order valence-corrected chi connectivity index (χ4v) is 3.46. The van der Waals surface area contributed by atoms with Crippen LogP contribution in [0.25, 0.3) is 33.4 Å². The van der Waals surface area contributed by atoms with E-state index in [4.69, 9.17) is 5.73 Å². The van der Waals surface area contributed by atoms with Crippen molar-refractivity contribution in [3.8, 4) is 22.4 Å². The minimum Gasteiger partial charge on any atom is -0.368 e. The van der Waals surface area contributed by atoms with Gasteiger partial charge in [0.2, 0.25) is 11.9 Å². The van der Waals surface area contributed by atoms with Crippen molar-refractivity contribution < 1.29 is 4.79 Å². The van der Waals surface area contributed by atoms with Gasteiger partial charge in [-0.3, -0.25) is 9.48 Å². The molecule has 0 aliphatic rings. The van der Waals surface area contributed by atoms with Gasteiger partial charge in [0.05, 0.1) is 11.9 Å². The van der Waals surface area contributed by atoms with Crippen molar-refractivity contribution in [2.24, 2.45) is 0 Å². The Morgan fingerprint density at radius 2 is 2.06 bits per heavy atom. The second-order valence-electron chi connectivity index (χ2n) is 7.81. The van der Waals surface area contributed by atoms with E-state index in [1.54, 1.807) is 0 Å². The topological polar surface area (TPSA) is 127 Å². The minimum absolute atomic E-state index is 0.0380. The average Bonchev–Trinajstić information content (AvgIpc) is 3.37. The molecule has 9 heteroatoms. The van der Waals surface area contributed by atoms with Gasteiger partial charge in [0.15, 0.2) is 0 Å². The predicted octanol–water partition coefficient (Wildman–Crippen LogP) is 3.12. The fraction of sp³-hybridized carbons (Fsp3) is 0.318. The Morgan fingerprint density at radius 1 is 1.23 bits per heavy atom. The first kappa shape index (κ1) is 20.5. The van der Waals surface area contributed by atoms with E-state index in [1.807, 2.05) is 35.5 Å². The maximum absolute atomic E-state index is 11.0. The summed E-state index contributed by atoms with van der Waals surface area (Å²) in [6.45, 7) is 6.29. The van der Waals surface area contributed by atoms with Gasteiger partial charge in [0, 0.05) is 65.9 Å². The van der Waals surface area contributed by atoms with Crippen LogP contribution in [-0.4, -0.2) is 42.2 Å². The number of hydrogen-bond acceptors (Lipinski definition) is 6. The summed E-state index contributed by atoms with van der Waals surface area (Å²) in [5.41, 5.74) is 11.2. The Hall–Kier alpha value is -3.75. The van der Waals surface area contributed by atoms with Gasteiger partial charge in [0.25, 0.3) is 0 Å². The molecule has 0 atom stereocenters. The van der Waals surface area contributed by atoms with Crippen LogP contribution < -0.4 is 11.1 Å². The number of H-pyrrole nitrogens is 1. The van der Waals surface area contributed by atoms with Crippen LogP contribution >= 0.6 is 0 Å². The van der Waals surface area contributed by atoms with Crippen molar-refractivity contribution in [3.63, 3.8) is 0 Å². The Kier molecular flexibility index (Phi) is 5.66. The number of nitrogen functional groups attached to an aromatic ring is 1. The molecule has 0 unspecified atom stereocenters. The van der Waals surface area contributed by atoms with E-state index in [0.717, 1.165) is 45.5 Å². The van der Waals surface area contributed by atoms with Gasteiger partial charge in [-0.25, -0.2) is 15.0 Å². The van der Waals surface area contributed by atoms with Gasteiger partial charge in [0.1, 0.15) is 5.65 Å². The van der Waals surface area contributed by atoms with Crippen LogP contribution in [0.4, 0.5) is 5.95 Å². The van der Waals surface area contributed by atoms with Crippen LogP contribution in [-0.2, 0) is 11.2 Å². The second kappa shape index (κ2) is 8.55. The van der Waals surface area contributed by atoms with Crippen molar-refractivity contribution in [3.05, 3.63) is 42.6 Å². The van der Waals surface area contributed by atoms with E-state index in [0.29, 0.717) is 19.0 Å². The van der Waals surface area contributed by atoms with E-state index in [1.165, 1.54) is 6.92 Å². The lowest BCUT2D eigenvalue weighted by Gasteiger charge is -2.06. The van der Waals surface area contributed by atoms with E-state index < -0.39 is 0 Å². The first-order valence-corrected chi connectivity index (χ1v) is 10.3. The number of nitrogens with zero attached hydrogens (tertiary/aromatic N) is 5. The van der Waals surface area contributed by atoms with Crippen molar-refractivity contribution >= 4 is 22.9 Å². The van der Waals surface area contributed by atoms with Gasteiger partial charge in [-0.2, -0.15) is 5.10 Å². The smallest absolute Gasteiger partial charge is 0.220 e. The Balaban J connectivity index is 1.65. The van der Waals surface area contributed by atoms with Gasteiger partial charge in [-0.1, -0.05) is 0 Å². The third-order valence-corrected chi connectivity index (χ3v) is 5.05. The van der Waals surface area contributed by atoms with E-state index in [2.05, 4.69) is 50.3 Å².